The Hall–Kier alpha value is -2.86. The number of esters is 2. The quantitative estimate of drug-likeness (QED) is 0.340. The predicted molar refractivity (Wildman–Crippen MR) is 105 cm³/mol. The second kappa shape index (κ2) is 9.73. The molecule has 0 heterocycles. The molecule has 0 unspecified atom stereocenters. The fourth-order valence-electron chi connectivity index (χ4n) is 2.40. The lowest BCUT2D eigenvalue weighted by atomic mass is 10.00. The van der Waals surface area contributed by atoms with Gasteiger partial charge in [-0.2, -0.15) is 0 Å². The van der Waals surface area contributed by atoms with Crippen molar-refractivity contribution in [3.8, 4) is 0 Å². The summed E-state index contributed by atoms with van der Waals surface area (Å²) in [6, 6.07) is 12.5. The van der Waals surface area contributed by atoms with Crippen LogP contribution in [0.2, 0.25) is 5.02 Å². The maximum absolute atomic E-state index is 12.3. The van der Waals surface area contributed by atoms with E-state index >= 15 is 0 Å². The number of aliphatic imine (C=N–C) groups is 1. The van der Waals surface area contributed by atoms with Gasteiger partial charge in [-0.15, -0.1) is 0 Å². The summed E-state index contributed by atoms with van der Waals surface area (Å²) in [6.45, 7) is 3.53. The maximum atomic E-state index is 12.3. The van der Waals surface area contributed by atoms with Crippen LogP contribution in [0.3, 0.4) is 0 Å². The van der Waals surface area contributed by atoms with E-state index in [4.69, 9.17) is 26.8 Å². The molecule has 2 rings (SSSR count). The van der Waals surface area contributed by atoms with Crippen molar-refractivity contribution in [2.45, 2.75) is 19.9 Å². The van der Waals surface area contributed by atoms with Gasteiger partial charge in [-0.25, -0.2) is 9.59 Å². The zero-order valence-corrected chi connectivity index (χ0v) is 15.9. The van der Waals surface area contributed by atoms with Crippen molar-refractivity contribution in [2.75, 3.05) is 18.9 Å². The second-order valence-electron chi connectivity index (χ2n) is 5.48. The highest BCUT2D eigenvalue weighted by Crippen LogP contribution is 2.23. The molecule has 7 heteroatoms. The highest BCUT2D eigenvalue weighted by atomic mass is 35.5. The third kappa shape index (κ3) is 5.31. The van der Waals surface area contributed by atoms with Gasteiger partial charge in [-0.1, -0.05) is 41.9 Å². The zero-order chi connectivity index (χ0) is 19.8. The second-order valence-corrected chi connectivity index (χ2v) is 5.92. The molecule has 0 spiro atoms. The van der Waals surface area contributed by atoms with Gasteiger partial charge >= 0.3 is 11.9 Å². The van der Waals surface area contributed by atoms with Crippen molar-refractivity contribution in [3.63, 3.8) is 0 Å². The largest absolute Gasteiger partial charge is 0.464 e. The van der Waals surface area contributed by atoms with Crippen LogP contribution in [-0.2, 0) is 19.1 Å². The van der Waals surface area contributed by atoms with Crippen LogP contribution in [0, 0.1) is 0 Å². The lowest BCUT2D eigenvalue weighted by molar-refractivity contribution is -0.156. The number of hydrogen-bond acceptors (Lipinski definition) is 6. The number of rotatable bonds is 7. The summed E-state index contributed by atoms with van der Waals surface area (Å²) in [7, 11) is 0. The van der Waals surface area contributed by atoms with E-state index < -0.39 is 18.0 Å². The molecule has 2 N–H and O–H groups in total. The van der Waals surface area contributed by atoms with Gasteiger partial charge < -0.3 is 15.2 Å². The summed E-state index contributed by atoms with van der Waals surface area (Å²) in [4.78, 5) is 29.0. The Kier molecular flexibility index (Phi) is 7.37. The average molecular weight is 389 g/mol. The van der Waals surface area contributed by atoms with Crippen molar-refractivity contribution in [1.29, 1.82) is 0 Å². The average Bonchev–Trinajstić information content (AvgIpc) is 2.66. The topological polar surface area (TPSA) is 91.0 Å². The lowest BCUT2D eigenvalue weighted by Gasteiger charge is -2.15. The molecule has 2 aromatic rings. The van der Waals surface area contributed by atoms with Crippen LogP contribution in [0.15, 0.2) is 53.5 Å². The highest BCUT2D eigenvalue weighted by molar-refractivity contribution is 6.31. The number of carbonyl (C=O) groups excluding carboxylic acids is 2. The van der Waals surface area contributed by atoms with Gasteiger partial charge in [0.15, 0.2) is 0 Å². The third-order valence-electron chi connectivity index (χ3n) is 3.60. The number of anilines is 1. The third-order valence-corrected chi connectivity index (χ3v) is 3.83. The molecule has 0 aromatic heterocycles. The fourth-order valence-corrected chi connectivity index (χ4v) is 2.57. The van der Waals surface area contributed by atoms with Crippen LogP contribution in [-0.4, -0.2) is 36.9 Å². The van der Waals surface area contributed by atoms with Gasteiger partial charge in [0.1, 0.15) is 0 Å². The maximum Gasteiger partial charge on any atom is 0.342 e. The van der Waals surface area contributed by atoms with Crippen molar-refractivity contribution >= 4 is 34.9 Å². The standard InChI is InChI=1S/C20H21ClN2O4/c1-3-26-19(24)18(20(25)27-4-2)23-17(13-8-6-5-7-9-13)15-12-14(21)10-11-16(15)22/h5-12,18H,3-4,22H2,1-2H3. The van der Waals surface area contributed by atoms with Crippen LogP contribution in [0.25, 0.3) is 0 Å². The molecule has 6 nitrogen and oxygen atoms in total. The summed E-state index contributed by atoms with van der Waals surface area (Å²) in [5.41, 5.74) is 8.04. The number of halogens is 1. The molecule has 0 aliphatic heterocycles. The van der Waals surface area contributed by atoms with Crippen LogP contribution in [0.4, 0.5) is 5.69 Å². The Morgan fingerprint density at radius 3 is 2.19 bits per heavy atom. The Morgan fingerprint density at radius 2 is 1.63 bits per heavy atom. The molecule has 142 valence electrons. The molecule has 0 radical (unpaired) electrons. The molecule has 0 aliphatic rings. The summed E-state index contributed by atoms with van der Waals surface area (Å²) in [6.07, 6.45) is 0. The van der Waals surface area contributed by atoms with E-state index in [1.54, 1.807) is 44.2 Å². The molecule has 27 heavy (non-hydrogen) atoms. The normalized spacial score (nSPS) is 11.3. The smallest absolute Gasteiger partial charge is 0.342 e. The van der Waals surface area contributed by atoms with E-state index in [1.165, 1.54) is 0 Å². The first-order valence-electron chi connectivity index (χ1n) is 8.49. The summed E-state index contributed by atoms with van der Waals surface area (Å²) < 4.78 is 9.99. The van der Waals surface area contributed by atoms with Crippen LogP contribution in [0.1, 0.15) is 25.0 Å². The first-order chi connectivity index (χ1) is 13.0. The molecular formula is C20H21ClN2O4. The highest BCUT2D eigenvalue weighted by Gasteiger charge is 2.30. The predicted octanol–water partition coefficient (Wildman–Crippen LogP) is 3.25. The Balaban J connectivity index is 2.64. The first kappa shape index (κ1) is 20.5. The van der Waals surface area contributed by atoms with Crippen molar-refractivity contribution < 1.29 is 19.1 Å². The molecule has 0 aliphatic carbocycles. The number of nitrogens with zero attached hydrogens (tertiary/aromatic N) is 1. The minimum absolute atomic E-state index is 0.115. The van der Waals surface area contributed by atoms with Gasteiger partial charge in [0.25, 0.3) is 0 Å². The van der Waals surface area contributed by atoms with E-state index in [1.807, 2.05) is 18.2 Å². The van der Waals surface area contributed by atoms with E-state index in [-0.39, 0.29) is 13.2 Å². The molecule has 0 bridgehead atoms. The van der Waals surface area contributed by atoms with Crippen molar-refractivity contribution in [3.05, 3.63) is 64.7 Å². The first-order valence-corrected chi connectivity index (χ1v) is 8.87. The van der Waals surface area contributed by atoms with Crippen molar-refractivity contribution in [2.24, 2.45) is 4.99 Å². The minimum atomic E-state index is -1.46. The monoisotopic (exact) mass is 388 g/mol. The molecular weight excluding hydrogens is 368 g/mol. The van der Waals surface area contributed by atoms with Crippen LogP contribution in [0.5, 0.6) is 0 Å². The van der Waals surface area contributed by atoms with E-state index in [2.05, 4.69) is 4.99 Å². The fraction of sp³-hybridized carbons (Fsp3) is 0.250. The van der Waals surface area contributed by atoms with Gasteiger partial charge in [-0.05, 0) is 32.0 Å². The van der Waals surface area contributed by atoms with Gasteiger partial charge in [-0.3, -0.25) is 4.99 Å². The summed E-state index contributed by atoms with van der Waals surface area (Å²) in [5, 5.41) is 0.451. The van der Waals surface area contributed by atoms with E-state index in [0.29, 0.717) is 27.5 Å². The summed E-state index contributed by atoms with van der Waals surface area (Å²) in [5.74, 6) is -1.57. The van der Waals surface area contributed by atoms with Crippen molar-refractivity contribution in [1.82, 2.24) is 0 Å². The number of hydrogen-bond donors (Lipinski definition) is 1. The molecule has 0 amide bonds. The Morgan fingerprint density at radius 1 is 1.04 bits per heavy atom. The number of nitrogens with two attached hydrogens (primary N) is 1. The minimum Gasteiger partial charge on any atom is -0.464 e. The van der Waals surface area contributed by atoms with Gasteiger partial charge in [0.2, 0.25) is 6.04 Å². The number of carbonyl (C=O) groups is 2. The van der Waals surface area contributed by atoms with E-state index in [0.717, 1.165) is 0 Å². The van der Waals surface area contributed by atoms with Crippen LogP contribution < -0.4 is 5.73 Å². The summed E-state index contributed by atoms with van der Waals surface area (Å²) >= 11 is 6.12. The lowest BCUT2D eigenvalue weighted by Crippen LogP contribution is -2.33. The molecule has 2 aromatic carbocycles. The molecule has 0 fully saturated rings. The molecule has 0 atom stereocenters. The number of nitrogen functional groups attached to an aromatic ring is 1. The SMILES string of the molecule is CCOC(=O)C(N=C(c1ccccc1)c1cc(Cl)ccc1N)C(=O)OCC. The molecule has 0 saturated carbocycles. The Bertz CT molecular complexity index is 819. The number of ether oxygens (including phenoxy) is 2. The van der Waals surface area contributed by atoms with E-state index in [9.17, 15) is 9.59 Å². The van der Waals surface area contributed by atoms with Gasteiger partial charge in [0.05, 0.1) is 18.9 Å². The van der Waals surface area contributed by atoms with Gasteiger partial charge in [0, 0.05) is 21.8 Å². The molecule has 0 saturated heterocycles. The van der Waals surface area contributed by atoms with Crippen LogP contribution >= 0.6 is 11.6 Å². The number of benzene rings is 2. The zero-order valence-electron chi connectivity index (χ0n) is 15.1. The Labute approximate surface area is 162 Å².